The number of carbonyl (C=O) groups excluding carboxylic acids is 1. The quantitative estimate of drug-likeness (QED) is 0.715. The third-order valence-corrected chi connectivity index (χ3v) is 1.95. The number of nitrogens with one attached hydrogen (secondary N) is 1. The molecule has 6 heteroatoms. The zero-order chi connectivity index (χ0) is 12.0. The van der Waals surface area contributed by atoms with Crippen molar-refractivity contribution in [1.82, 2.24) is 15.1 Å². The molecule has 0 aliphatic carbocycles. The first-order chi connectivity index (χ1) is 7.61. The number of aromatic nitrogens is 2. The van der Waals surface area contributed by atoms with Crippen LogP contribution in [0.3, 0.4) is 0 Å². The van der Waals surface area contributed by atoms with Crippen LogP contribution in [0, 0.1) is 0 Å². The summed E-state index contributed by atoms with van der Waals surface area (Å²) in [6, 6.07) is 1.65. The summed E-state index contributed by atoms with van der Waals surface area (Å²) in [6.07, 6.45) is 1.67. The topological polar surface area (TPSA) is 82.2 Å². The molecule has 1 aromatic heterocycles. The molecule has 1 atom stereocenters. The van der Waals surface area contributed by atoms with Crippen LogP contribution in [0.5, 0.6) is 0 Å². The van der Waals surface area contributed by atoms with Gasteiger partial charge in [-0.3, -0.25) is 9.48 Å². The molecule has 0 spiro atoms. The Labute approximate surface area is 94.8 Å². The third kappa shape index (κ3) is 4.31. The third-order valence-electron chi connectivity index (χ3n) is 1.95. The van der Waals surface area contributed by atoms with Gasteiger partial charge in [0.05, 0.1) is 6.61 Å². The van der Waals surface area contributed by atoms with E-state index in [1.165, 1.54) is 4.68 Å². The van der Waals surface area contributed by atoms with Gasteiger partial charge < -0.3 is 15.8 Å². The molecule has 0 aliphatic heterocycles. The average molecular weight is 226 g/mol. The molecule has 0 radical (unpaired) electrons. The van der Waals surface area contributed by atoms with Crippen LogP contribution >= 0.6 is 0 Å². The Morgan fingerprint density at radius 3 is 3.06 bits per heavy atom. The minimum atomic E-state index is -0.102. The molecule has 0 fully saturated rings. The lowest BCUT2D eigenvalue weighted by atomic mass is 10.3. The van der Waals surface area contributed by atoms with Crippen molar-refractivity contribution in [3.63, 3.8) is 0 Å². The summed E-state index contributed by atoms with van der Waals surface area (Å²) in [4.78, 5) is 11.5. The van der Waals surface area contributed by atoms with Crippen LogP contribution in [0.25, 0.3) is 0 Å². The van der Waals surface area contributed by atoms with Gasteiger partial charge in [0.1, 0.15) is 12.4 Å². The van der Waals surface area contributed by atoms with E-state index in [-0.39, 0.29) is 18.5 Å². The number of rotatable bonds is 6. The summed E-state index contributed by atoms with van der Waals surface area (Å²) in [7, 11) is 0. The summed E-state index contributed by atoms with van der Waals surface area (Å²) in [5.41, 5.74) is 5.44. The van der Waals surface area contributed by atoms with E-state index in [0.717, 1.165) is 0 Å². The van der Waals surface area contributed by atoms with Gasteiger partial charge in [-0.1, -0.05) is 0 Å². The first-order valence-corrected chi connectivity index (χ1v) is 5.28. The van der Waals surface area contributed by atoms with Gasteiger partial charge in [0.15, 0.2) is 0 Å². The highest BCUT2D eigenvalue weighted by Gasteiger charge is 2.08. The highest BCUT2D eigenvalue weighted by molar-refractivity contribution is 5.75. The number of nitrogens with zero attached hydrogens (tertiary/aromatic N) is 2. The molecule has 0 bridgehead atoms. The molecule has 90 valence electrons. The molecule has 1 rings (SSSR count). The monoisotopic (exact) mass is 226 g/mol. The van der Waals surface area contributed by atoms with E-state index in [9.17, 15) is 4.79 Å². The molecule has 3 N–H and O–H groups in total. The maximum atomic E-state index is 11.5. The van der Waals surface area contributed by atoms with Gasteiger partial charge in [-0.15, -0.1) is 0 Å². The first-order valence-electron chi connectivity index (χ1n) is 5.28. The SMILES string of the molecule is CCOCC(C)NC(=O)Cn1ccc(N)n1. The van der Waals surface area contributed by atoms with Gasteiger partial charge in [0, 0.05) is 18.8 Å². The summed E-state index contributed by atoms with van der Waals surface area (Å²) in [5, 5.41) is 6.73. The number of anilines is 1. The number of nitrogen functional groups attached to an aromatic ring is 1. The van der Waals surface area contributed by atoms with Gasteiger partial charge in [-0.25, -0.2) is 0 Å². The van der Waals surface area contributed by atoms with Gasteiger partial charge in [-0.05, 0) is 19.9 Å². The van der Waals surface area contributed by atoms with Crippen LogP contribution in [0.15, 0.2) is 12.3 Å². The number of carbonyl (C=O) groups is 1. The second-order valence-corrected chi connectivity index (χ2v) is 3.57. The number of amides is 1. The summed E-state index contributed by atoms with van der Waals surface area (Å²) in [5.74, 6) is 0.311. The zero-order valence-corrected chi connectivity index (χ0v) is 9.64. The number of ether oxygens (including phenoxy) is 1. The van der Waals surface area contributed by atoms with Crippen molar-refractivity contribution in [1.29, 1.82) is 0 Å². The summed E-state index contributed by atoms with van der Waals surface area (Å²) in [6.45, 7) is 5.15. The van der Waals surface area contributed by atoms with E-state index < -0.39 is 0 Å². The Bertz CT molecular complexity index is 337. The molecule has 0 aliphatic rings. The Balaban J connectivity index is 2.30. The molecule has 0 saturated carbocycles. The smallest absolute Gasteiger partial charge is 0.242 e. The lowest BCUT2D eigenvalue weighted by Gasteiger charge is -2.13. The van der Waals surface area contributed by atoms with Crippen molar-refractivity contribution < 1.29 is 9.53 Å². The summed E-state index contributed by atoms with van der Waals surface area (Å²) < 4.78 is 6.69. The maximum absolute atomic E-state index is 11.5. The normalized spacial score (nSPS) is 12.4. The Hall–Kier alpha value is -1.56. The van der Waals surface area contributed by atoms with Crippen LogP contribution in [-0.2, 0) is 16.1 Å². The molecule has 1 unspecified atom stereocenters. The second-order valence-electron chi connectivity index (χ2n) is 3.57. The average Bonchev–Trinajstić information content (AvgIpc) is 2.60. The molecule has 0 saturated heterocycles. The standard InChI is InChI=1S/C10H18N4O2/c1-3-16-7-8(2)12-10(15)6-14-5-4-9(11)13-14/h4-5,8H,3,6-7H2,1-2H3,(H2,11,13)(H,12,15). The number of hydrogen-bond donors (Lipinski definition) is 2. The molecule has 1 aromatic rings. The fraction of sp³-hybridized carbons (Fsp3) is 0.600. The van der Waals surface area contributed by atoms with Crippen LogP contribution in [0.2, 0.25) is 0 Å². The van der Waals surface area contributed by atoms with Crippen molar-refractivity contribution in [2.24, 2.45) is 0 Å². The Kier molecular flexibility index (Phi) is 4.78. The molecule has 16 heavy (non-hydrogen) atoms. The zero-order valence-electron chi connectivity index (χ0n) is 9.64. The van der Waals surface area contributed by atoms with Crippen LogP contribution in [-0.4, -0.2) is 34.9 Å². The molecule has 0 aromatic carbocycles. The Morgan fingerprint density at radius 2 is 2.50 bits per heavy atom. The van der Waals surface area contributed by atoms with Crippen molar-refractivity contribution in [3.8, 4) is 0 Å². The number of hydrogen-bond acceptors (Lipinski definition) is 4. The van der Waals surface area contributed by atoms with Crippen molar-refractivity contribution in [2.75, 3.05) is 18.9 Å². The molecular weight excluding hydrogens is 208 g/mol. The van der Waals surface area contributed by atoms with Crippen LogP contribution in [0.4, 0.5) is 5.82 Å². The second kappa shape index (κ2) is 6.12. The first kappa shape index (κ1) is 12.5. The van der Waals surface area contributed by atoms with E-state index >= 15 is 0 Å². The lowest BCUT2D eigenvalue weighted by Crippen LogP contribution is -2.38. The number of nitrogens with two attached hydrogens (primary N) is 1. The van der Waals surface area contributed by atoms with E-state index in [1.54, 1.807) is 12.3 Å². The van der Waals surface area contributed by atoms with E-state index in [2.05, 4.69) is 10.4 Å². The highest BCUT2D eigenvalue weighted by Crippen LogP contribution is 1.95. The minimum Gasteiger partial charge on any atom is -0.382 e. The summed E-state index contributed by atoms with van der Waals surface area (Å²) >= 11 is 0. The van der Waals surface area contributed by atoms with Crippen LogP contribution in [0.1, 0.15) is 13.8 Å². The maximum Gasteiger partial charge on any atom is 0.242 e. The van der Waals surface area contributed by atoms with Crippen molar-refractivity contribution >= 4 is 11.7 Å². The van der Waals surface area contributed by atoms with E-state index in [1.807, 2.05) is 13.8 Å². The fourth-order valence-electron chi connectivity index (χ4n) is 1.27. The van der Waals surface area contributed by atoms with Crippen LogP contribution < -0.4 is 11.1 Å². The predicted molar refractivity (Wildman–Crippen MR) is 60.7 cm³/mol. The van der Waals surface area contributed by atoms with Gasteiger partial charge in [0.2, 0.25) is 5.91 Å². The van der Waals surface area contributed by atoms with Gasteiger partial charge >= 0.3 is 0 Å². The minimum absolute atomic E-state index is 0.000333. The molecule has 6 nitrogen and oxygen atoms in total. The molecular formula is C10H18N4O2. The van der Waals surface area contributed by atoms with Gasteiger partial charge in [0.25, 0.3) is 0 Å². The predicted octanol–water partition coefficient (Wildman–Crippen LogP) is 0.00650. The lowest BCUT2D eigenvalue weighted by molar-refractivity contribution is -0.122. The van der Waals surface area contributed by atoms with E-state index in [4.69, 9.17) is 10.5 Å². The van der Waals surface area contributed by atoms with Crippen molar-refractivity contribution in [3.05, 3.63) is 12.3 Å². The fourth-order valence-corrected chi connectivity index (χ4v) is 1.27. The largest absolute Gasteiger partial charge is 0.382 e. The Morgan fingerprint density at radius 1 is 1.75 bits per heavy atom. The highest BCUT2D eigenvalue weighted by atomic mass is 16.5. The van der Waals surface area contributed by atoms with Gasteiger partial charge in [-0.2, -0.15) is 5.10 Å². The molecule has 1 amide bonds. The van der Waals surface area contributed by atoms with E-state index in [0.29, 0.717) is 19.0 Å². The molecule has 1 heterocycles. The van der Waals surface area contributed by atoms with Crippen molar-refractivity contribution in [2.45, 2.75) is 26.4 Å².